The zero-order valence-electron chi connectivity index (χ0n) is 14.0. The third kappa shape index (κ3) is 4.62. The lowest BCUT2D eigenvalue weighted by atomic mass is 10.2. The van der Waals surface area contributed by atoms with Crippen LogP contribution in [0.25, 0.3) is 0 Å². The van der Waals surface area contributed by atoms with Gasteiger partial charge in [0.2, 0.25) is 5.91 Å². The maximum absolute atomic E-state index is 12.4. The number of aromatic carboxylic acids is 1. The Morgan fingerprint density at radius 1 is 1.38 bits per heavy atom. The van der Waals surface area contributed by atoms with Gasteiger partial charge in [0.05, 0.1) is 11.7 Å². The number of ether oxygens (including phenoxy) is 1. The maximum Gasteiger partial charge on any atom is 0.269 e. The van der Waals surface area contributed by atoms with Crippen molar-refractivity contribution in [1.29, 1.82) is 5.26 Å². The van der Waals surface area contributed by atoms with E-state index in [9.17, 15) is 24.8 Å². The Hall–Kier alpha value is -2.83. The second-order valence-corrected chi connectivity index (χ2v) is 6.26. The molecule has 1 aromatic rings. The van der Waals surface area contributed by atoms with Crippen molar-refractivity contribution in [1.82, 2.24) is 4.90 Å². The number of thioether (sulfide) groups is 1. The van der Waals surface area contributed by atoms with Gasteiger partial charge in [0, 0.05) is 25.9 Å². The van der Waals surface area contributed by atoms with E-state index in [-0.39, 0.29) is 22.8 Å². The van der Waals surface area contributed by atoms with Crippen molar-refractivity contribution in [3.8, 4) is 6.07 Å². The minimum absolute atomic E-state index is 0.0249. The molecule has 0 unspecified atom stereocenters. The van der Waals surface area contributed by atoms with Crippen molar-refractivity contribution in [3.05, 3.63) is 40.4 Å². The van der Waals surface area contributed by atoms with Crippen molar-refractivity contribution < 1.29 is 24.2 Å². The number of hydrogen-bond acceptors (Lipinski definition) is 7. The van der Waals surface area contributed by atoms with Gasteiger partial charge in [0.25, 0.3) is 5.91 Å². The normalized spacial score (nSPS) is 15.5. The number of anilines is 1. The lowest BCUT2D eigenvalue weighted by Gasteiger charge is -2.18. The highest BCUT2D eigenvalue weighted by atomic mass is 32.2. The molecule has 136 valence electrons. The molecule has 1 aromatic carbocycles. The molecule has 0 radical (unpaired) electrons. The second-order valence-electron chi connectivity index (χ2n) is 5.29. The van der Waals surface area contributed by atoms with Crippen molar-refractivity contribution in [3.63, 3.8) is 0 Å². The Labute approximate surface area is 154 Å². The van der Waals surface area contributed by atoms with Gasteiger partial charge >= 0.3 is 0 Å². The standard InChI is InChI=1S/C17H17N3O5S/c1-25-8-2-7-20-14(21)10-26-16(20)13(9-18)15(22)19-12-5-3-11(4-6-12)17(23)24/h3-6H,2,7-8,10H2,1H3,(H,19,22)(H,23,24)/p-1/b16-13-. The van der Waals surface area contributed by atoms with Crippen LogP contribution in [-0.2, 0) is 14.3 Å². The number of hydrogen-bond donors (Lipinski definition) is 1. The lowest BCUT2D eigenvalue weighted by Crippen LogP contribution is -2.28. The van der Waals surface area contributed by atoms with Gasteiger partial charge in [-0.3, -0.25) is 9.59 Å². The molecule has 0 saturated carbocycles. The Bertz CT molecular complexity index is 783. The number of carboxylic acids is 1. The van der Waals surface area contributed by atoms with E-state index in [4.69, 9.17) is 4.74 Å². The van der Waals surface area contributed by atoms with Crippen LogP contribution >= 0.6 is 11.8 Å². The van der Waals surface area contributed by atoms with E-state index < -0.39 is 11.9 Å². The van der Waals surface area contributed by atoms with Gasteiger partial charge in [-0.25, -0.2) is 0 Å². The molecule has 2 amide bonds. The number of carboxylic acid groups (broad SMARTS) is 1. The van der Waals surface area contributed by atoms with Crippen LogP contribution in [0.3, 0.4) is 0 Å². The molecule has 1 N–H and O–H groups in total. The molecule has 1 aliphatic rings. The van der Waals surface area contributed by atoms with Crippen LogP contribution in [0, 0.1) is 11.3 Å². The summed E-state index contributed by atoms with van der Waals surface area (Å²) in [6.07, 6.45) is 0.581. The third-order valence-electron chi connectivity index (χ3n) is 3.54. The number of nitriles is 1. The van der Waals surface area contributed by atoms with Gasteiger partial charge in [-0.05, 0) is 24.1 Å². The molecule has 1 fully saturated rings. The number of carbonyl (C=O) groups excluding carboxylic acids is 3. The molecule has 0 aliphatic carbocycles. The fourth-order valence-corrected chi connectivity index (χ4v) is 3.33. The molecule has 1 aliphatic heterocycles. The molecular formula is C17H16N3O5S-. The Morgan fingerprint density at radius 3 is 2.65 bits per heavy atom. The molecule has 0 bridgehead atoms. The molecule has 8 nitrogen and oxygen atoms in total. The van der Waals surface area contributed by atoms with Crippen LogP contribution in [-0.4, -0.2) is 48.7 Å². The highest BCUT2D eigenvalue weighted by molar-refractivity contribution is 8.04. The van der Waals surface area contributed by atoms with E-state index in [2.05, 4.69) is 5.32 Å². The van der Waals surface area contributed by atoms with Gasteiger partial charge < -0.3 is 24.9 Å². The summed E-state index contributed by atoms with van der Waals surface area (Å²) in [5.74, 6) is -1.99. The molecule has 26 heavy (non-hydrogen) atoms. The van der Waals surface area contributed by atoms with E-state index in [1.54, 1.807) is 7.11 Å². The number of rotatable bonds is 7. The summed E-state index contributed by atoms with van der Waals surface area (Å²) >= 11 is 1.14. The molecule has 9 heteroatoms. The third-order valence-corrected chi connectivity index (χ3v) is 4.63. The van der Waals surface area contributed by atoms with E-state index in [0.717, 1.165) is 11.8 Å². The van der Waals surface area contributed by atoms with Crippen LogP contribution in [0.4, 0.5) is 5.69 Å². The van der Waals surface area contributed by atoms with Crippen LogP contribution < -0.4 is 10.4 Å². The first-order chi connectivity index (χ1) is 12.5. The first-order valence-electron chi connectivity index (χ1n) is 7.67. The fraction of sp³-hybridized carbons (Fsp3) is 0.294. The van der Waals surface area contributed by atoms with Gasteiger partial charge in [0.15, 0.2) is 0 Å². The summed E-state index contributed by atoms with van der Waals surface area (Å²) < 4.78 is 4.96. The number of benzene rings is 1. The predicted molar refractivity (Wildman–Crippen MR) is 92.7 cm³/mol. The first kappa shape index (κ1) is 19.5. The highest BCUT2D eigenvalue weighted by Crippen LogP contribution is 2.32. The average Bonchev–Trinajstić information content (AvgIpc) is 2.97. The van der Waals surface area contributed by atoms with Crippen molar-refractivity contribution >= 4 is 35.2 Å². The van der Waals surface area contributed by atoms with E-state index >= 15 is 0 Å². The van der Waals surface area contributed by atoms with Crippen LogP contribution in [0.2, 0.25) is 0 Å². The first-order valence-corrected chi connectivity index (χ1v) is 8.65. The zero-order chi connectivity index (χ0) is 19.1. The number of amides is 2. The molecule has 0 aromatic heterocycles. The van der Waals surface area contributed by atoms with Crippen LogP contribution in [0.1, 0.15) is 16.8 Å². The van der Waals surface area contributed by atoms with E-state index in [1.165, 1.54) is 29.2 Å². The highest BCUT2D eigenvalue weighted by Gasteiger charge is 2.31. The van der Waals surface area contributed by atoms with Gasteiger partial charge in [-0.1, -0.05) is 23.9 Å². The van der Waals surface area contributed by atoms with Crippen LogP contribution in [0.15, 0.2) is 34.9 Å². The SMILES string of the molecule is COCCCN1C(=O)CS/C1=C(/C#N)C(=O)Nc1ccc(C(=O)[O-])cc1. The zero-order valence-corrected chi connectivity index (χ0v) is 14.8. The summed E-state index contributed by atoms with van der Waals surface area (Å²) in [6.45, 7) is 0.814. The smallest absolute Gasteiger partial charge is 0.269 e. The topological polar surface area (TPSA) is 123 Å². The average molecular weight is 374 g/mol. The van der Waals surface area contributed by atoms with Gasteiger partial charge in [-0.15, -0.1) is 0 Å². The van der Waals surface area contributed by atoms with E-state index in [1.807, 2.05) is 6.07 Å². The summed E-state index contributed by atoms with van der Waals surface area (Å²) in [6, 6.07) is 7.22. The quantitative estimate of drug-likeness (QED) is 0.415. The van der Waals surface area contributed by atoms with Crippen molar-refractivity contribution in [2.75, 3.05) is 31.3 Å². The van der Waals surface area contributed by atoms with E-state index in [0.29, 0.717) is 30.3 Å². The minimum atomic E-state index is -1.32. The number of nitrogens with zero attached hydrogens (tertiary/aromatic N) is 2. The number of methoxy groups -OCH3 is 1. The fourth-order valence-electron chi connectivity index (χ4n) is 2.28. The minimum Gasteiger partial charge on any atom is -0.545 e. The summed E-state index contributed by atoms with van der Waals surface area (Å²) in [5.41, 5.74) is 0.138. The van der Waals surface area contributed by atoms with Gasteiger partial charge in [-0.2, -0.15) is 5.26 Å². The monoisotopic (exact) mass is 374 g/mol. The predicted octanol–water partition coefficient (Wildman–Crippen LogP) is 0.336. The number of carbonyl (C=O) groups is 3. The maximum atomic E-state index is 12.4. The largest absolute Gasteiger partial charge is 0.545 e. The summed E-state index contributed by atoms with van der Waals surface area (Å²) in [5, 5.41) is 23.0. The van der Waals surface area contributed by atoms with Crippen LogP contribution in [0.5, 0.6) is 0 Å². The molecule has 0 atom stereocenters. The molecule has 0 spiro atoms. The lowest BCUT2D eigenvalue weighted by molar-refractivity contribution is -0.255. The Balaban J connectivity index is 2.18. The second kappa shape index (κ2) is 9.03. The molecular weight excluding hydrogens is 358 g/mol. The molecule has 1 saturated heterocycles. The molecule has 1 heterocycles. The van der Waals surface area contributed by atoms with Gasteiger partial charge in [0.1, 0.15) is 16.7 Å². The van der Waals surface area contributed by atoms with Crippen molar-refractivity contribution in [2.45, 2.75) is 6.42 Å². The summed E-state index contributed by atoms with van der Waals surface area (Å²) in [7, 11) is 1.55. The Morgan fingerprint density at radius 2 is 2.08 bits per heavy atom. The van der Waals surface area contributed by atoms with Crippen molar-refractivity contribution in [2.24, 2.45) is 0 Å². The summed E-state index contributed by atoms with van der Waals surface area (Å²) in [4.78, 5) is 36.6. The molecule has 2 rings (SSSR count). The Kier molecular flexibility index (Phi) is 6.77. The number of nitrogens with one attached hydrogen (secondary N) is 1.